The fraction of sp³-hybridized carbons (Fsp3) is 0.500. The molecule has 7 nitrogen and oxygen atoms in total. The molecule has 0 aliphatic carbocycles. The number of nitrogens with one attached hydrogen (secondary N) is 1. The van der Waals surface area contributed by atoms with Crippen LogP contribution in [0.2, 0.25) is 0 Å². The molecule has 0 bridgehead atoms. The molecule has 0 aliphatic heterocycles. The molecule has 1 unspecified atom stereocenters. The third-order valence-electron chi connectivity index (χ3n) is 1.96. The number of methoxy groups -OCH3 is 2. The van der Waals surface area contributed by atoms with Crippen molar-refractivity contribution in [2.75, 3.05) is 26.1 Å². The maximum Gasteiger partial charge on any atom is 0.246 e. The second kappa shape index (κ2) is 6.12. The van der Waals surface area contributed by atoms with Gasteiger partial charge < -0.3 is 15.2 Å². The van der Waals surface area contributed by atoms with Gasteiger partial charge in [0.25, 0.3) is 0 Å². The predicted octanol–water partition coefficient (Wildman–Crippen LogP) is -0.294. The average molecular weight is 240 g/mol. The Balaban J connectivity index is 2.74. The van der Waals surface area contributed by atoms with Crippen molar-refractivity contribution in [3.63, 3.8) is 0 Å². The van der Waals surface area contributed by atoms with Gasteiger partial charge in [-0.25, -0.2) is 4.98 Å². The number of aryl methyl sites for hydroxylation is 1. The van der Waals surface area contributed by atoms with E-state index in [1.165, 1.54) is 14.2 Å². The van der Waals surface area contributed by atoms with Gasteiger partial charge in [0, 0.05) is 18.9 Å². The molecule has 0 aromatic carbocycles. The van der Waals surface area contributed by atoms with Crippen molar-refractivity contribution in [1.29, 1.82) is 0 Å². The number of carbonyl (C=O) groups excluding carboxylic acids is 1. The number of amides is 1. The summed E-state index contributed by atoms with van der Waals surface area (Å²) in [5.41, 5.74) is 6.25. The predicted molar refractivity (Wildman–Crippen MR) is 61.8 cm³/mol. The summed E-state index contributed by atoms with van der Waals surface area (Å²) in [4.78, 5) is 19.6. The van der Waals surface area contributed by atoms with Crippen molar-refractivity contribution < 1.29 is 14.3 Å². The lowest BCUT2D eigenvalue weighted by Crippen LogP contribution is -2.39. The van der Waals surface area contributed by atoms with Crippen LogP contribution in [0.3, 0.4) is 0 Å². The van der Waals surface area contributed by atoms with Gasteiger partial charge >= 0.3 is 0 Å². The number of hydrogen-bond donors (Lipinski definition) is 2. The van der Waals surface area contributed by atoms with Crippen LogP contribution in [-0.2, 0) is 9.53 Å². The van der Waals surface area contributed by atoms with E-state index in [0.717, 1.165) is 0 Å². The van der Waals surface area contributed by atoms with Crippen LogP contribution in [0.15, 0.2) is 6.07 Å². The highest BCUT2D eigenvalue weighted by Crippen LogP contribution is 2.11. The molecule has 17 heavy (non-hydrogen) atoms. The molecule has 1 atom stereocenters. The van der Waals surface area contributed by atoms with Gasteiger partial charge in [-0.3, -0.25) is 10.1 Å². The number of nitrogens with zero attached hydrogens (tertiary/aromatic N) is 2. The summed E-state index contributed by atoms with van der Waals surface area (Å²) < 4.78 is 9.75. The van der Waals surface area contributed by atoms with Gasteiger partial charge in [-0.15, -0.1) is 0 Å². The second-order valence-electron chi connectivity index (χ2n) is 3.43. The average Bonchev–Trinajstić information content (AvgIpc) is 2.28. The van der Waals surface area contributed by atoms with Gasteiger partial charge in [-0.1, -0.05) is 0 Å². The van der Waals surface area contributed by atoms with Gasteiger partial charge in [0.2, 0.25) is 17.7 Å². The molecule has 0 spiro atoms. The highest BCUT2D eigenvalue weighted by atomic mass is 16.5. The van der Waals surface area contributed by atoms with Crippen LogP contribution in [0, 0.1) is 6.92 Å². The van der Waals surface area contributed by atoms with E-state index in [0.29, 0.717) is 11.6 Å². The van der Waals surface area contributed by atoms with Gasteiger partial charge in [0.05, 0.1) is 13.7 Å². The zero-order valence-electron chi connectivity index (χ0n) is 10.1. The minimum atomic E-state index is -0.755. The molecule has 1 rings (SSSR count). The molecule has 0 saturated carbocycles. The molecular formula is C10H16N4O3. The fourth-order valence-electron chi connectivity index (χ4n) is 1.16. The largest absolute Gasteiger partial charge is 0.481 e. The van der Waals surface area contributed by atoms with Crippen LogP contribution in [0.4, 0.5) is 5.95 Å². The van der Waals surface area contributed by atoms with Crippen LogP contribution in [-0.4, -0.2) is 42.7 Å². The molecule has 1 aromatic heterocycles. The molecular weight excluding hydrogens is 224 g/mol. The van der Waals surface area contributed by atoms with Crippen LogP contribution >= 0.6 is 0 Å². The van der Waals surface area contributed by atoms with Crippen LogP contribution in [0.1, 0.15) is 5.69 Å². The standard InChI is InChI=1S/C10H16N4O3/c1-6-4-8(17-3)13-10(12-6)14-9(15)7(11)5-16-2/h4,7H,5,11H2,1-3H3,(H,12,13,14,15). The summed E-state index contributed by atoms with van der Waals surface area (Å²) in [5.74, 6) is 0.144. The summed E-state index contributed by atoms with van der Waals surface area (Å²) in [6, 6.07) is 0.903. The fourth-order valence-corrected chi connectivity index (χ4v) is 1.16. The zero-order chi connectivity index (χ0) is 12.8. The third-order valence-corrected chi connectivity index (χ3v) is 1.96. The summed E-state index contributed by atoms with van der Waals surface area (Å²) in [5, 5.41) is 2.50. The molecule has 1 amide bonds. The maximum absolute atomic E-state index is 11.6. The summed E-state index contributed by atoms with van der Waals surface area (Å²) in [6.07, 6.45) is 0. The highest BCUT2D eigenvalue weighted by Gasteiger charge is 2.15. The van der Waals surface area contributed by atoms with E-state index in [1.54, 1.807) is 13.0 Å². The molecule has 7 heteroatoms. The van der Waals surface area contributed by atoms with Crippen molar-refractivity contribution in [3.05, 3.63) is 11.8 Å². The maximum atomic E-state index is 11.6. The first kappa shape index (κ1) is 13.3. The number of rotatable bonds is 5. The Kier molecular flexibility index (Phi) is 4.80. The first-order chi connectivity index (χ1) is 8.06. The van der Waals surface area contributed by atoms with Crippen molar-refractivity contribution in [2.45, 2.75) is 13.0 Å². The molecule has 1 heterocycles. The van der Waals surface area contributed by atoms with E-state index in [9.17, 15) is 4.79 Å². The number of aromatic nitrogens is 2. The van der Waals surface area contributed by atoms with E-state index in [2.05, 4.69) is 15.3 Å². The van der Waals surface area contributed by atoms with Crippen molar-refractivity contribution in [1.82, 2.24) is 9.97 Å². The second-order valence-corrected chi connectivity index (χ2v) is 3.43. The molecule has 0 radical (unpaired) electrons. The lowest BCUT2D eigenvalue weighted by Gasteiger charge is -2.10. The molecule has 0 aliphatic rings. The topological polar surface area (TPSA) is 99.4 Å². The molecule has 3 N–H and O–H groups in total. The van der Waals surface area contributed by atoms with E-state index in [4.69, 9.17) is 15.2 Å². The van der Waals surface area contributed by atoms with E-state index in [-0.39, 0.29) is 12.6 Å². The Bertz CT molecular complexity index is 397. The molecule has 94 valence electrons. The van der Waals surface area contributed by atoms with Gasteiger partial charge in [0.1, 0.15) is 6.04 Å². The molecule has 0 fully saturated rings. The number of hydrogen-bond acceptors (Lipinski definition) is 6. The van der Waals surface area contributed by atoms with Crippen molar-refractivity contribution in [3.8, 4) is 5.88 Å². The summed E-state index contributed by atoms with van der Waals surface area (Å²) >= 11 is 0. The molecule has 1 aromatic rings. The Labute approximate surface area is 99.3 Å². The smallest absolute Gasteiger partial charge is 0.246 e. The Morgan fingerprint density at radius 1 is 1.53 bits per heavy atom. The Morgan fingerprint density at radius 3 is 2.82 bits per heavy atom. The van der Waals surface area contributed by atoms with Gasteiger partial charge in [-0.05, 0) is 6.92 Å². The Morgan fingerprint density at radius 2 is 2.24 bits per heavy atom. The number of carbonyl (C=O) groups is 1. The monoisotopic (exact) mass is 240 g/mol. The SMILES string of the molecule is COCC(N)C(=O)Nc1nc(C)cc(OC)n1. The van der Waals surface area contributed by atoms with Crippen molar-refractivity contribution >= 4 is 11.9 Å². The van der Waals surface area contributed by atoms with E-state index >= 15 is 0 Å². The number of nitrogens with two attached hydrogens (primary N) is 1. The summed E-state index contributed by atoms with van der Waals surface area (Å²) in [7, 11) is 2.96. The van der Waals surface area contributed by atoms with Crippen LogP contribution in [0.5, 0.6) is 5.88 Å². The van der Waals surface area contributed by atoms with E-state index in [1.807, 2.05) is 0 Å². The summed E-state index contributed by atoms with van der Waals surface area (Å²) in [6.45, 7) is 1.91. The minimum absolute atomic E-state index is 0.134. The minimum Gasteiger partial charge on any atom is -0.481 e. The zero-order valence-corrected chi connectivity index (χ0v) is 10.1. The van der Waals surface area contributed by atoms with Crippen molar-refractivity contribution in [2.24, 2.45) is 5.73 Å². The van der Waals surface area contributed by atoms with Crippen LogP contribution in [0.25, 0.3) is 0 Å². The first-order valence-corrected chi connectivity index (χ1v) is 5.02. The third kappa shape index (κ3) is 3.97. The molecule has 0 saturated heterocycles. The Hall–Kier alpha value is -1.73. The highest BCUT2D eigenvalue weighted by molar-refractivity contribution is 5.93. The lowest BCUT2D eigenvalue weighted by atomic mass is 10.3. The lowest BCUT2D eigenvalue weighted by molar-refractivity contribution is -0.118. The van der Waals surface area contributed by atoms with E-state index < -0.39 is 11.9 Å². The number of ether oxygens (including phenoxy) is 2. The quantitative estimate of drug-likeness (QED) is 0.733. The normalized spacial score (nSPS) is 12.0. The number of anilines is 1. The first-order valence-electron chi connectivity index (χ1n) is 5.02. The van der Waals surface area contributed by atoms with Gasteiger partial charge in [0.15, 0.2) is 0 Å². The van der Waals surface area contributed by atoms with Gasteiger partial charge in [-0.2, -0.15) is 4.98 Å². The van der Waals surface area contributed by atoms with Crippen LogP contribution < -0.4 is 15.8 Å².